The van der Waals surface area contributed by atoms with Gasteiger partial charge < -0.3 is 20.1 Å². The number of aromatic nitrogens is 1. The lowest BCUT2D eigenvalue weighted by Gasteiger charge is -2.15. The van der Waals surface area contributed by atoms with E-state index in [0.29, 0.717) is 18.8 Å². The predicted molar refractivity (Wildman–Crippen MR) is 126 cm³/mol. The first kappa shape index (κ1) is 25.5. The summed E-state index contributed by atoms with van der Waals surface area (Å²) in [4.78, 5) is 24.1. The standard InChI is InChI=1S/C24H24BrF2N3O4/c1-14-8-21(34-13-17-6-7-18(26)9-19(17)27)22(25)24(33)30(14)11-16-4-2-15(3-5-16)10-29-20(12-31)23(28)32/h2-9,20,29,31H,10-13H2,1H3,(H2,28,32)/t20-/m1/s1. The van der Waals surface area contributed by atoms with E-state index in [-0.39, 0.29) is 34.6 Å². The molecule has 0 aliphatic heterocycles. The van der Waals surface area contributed by atoms with Crippen LogP contribution in [0.5, 0.6) is 5.75 Å². The molecular formula is C24H24BrF2N3O4. The van der Waals surface area contributed by atoms with Crippen molar-refractivity contribution >= 4 is 21.8 Å². The van der Waals surface area contributed by atoms with Crippen molar-refractivity contribution in [3.8, 4) is 5.75 Å². The van der Waals surface area contributed by atoms with Gasteiger partial charge >= 0.3 is 0 Å². The van der Waals surface area contributed by atoms with Gasteiger partial charge in [0.25, 0.3) is 5.56 Å². The summed E-state index contributed by atoms with van der Waals surface area (Å²) in [5.41, 5.74) is 7.45. The fraction of sp³-hybridized carbons (Fsp3) is 0.250. The number of nitrogens with two attached hydrogens (primary N) is 1. The number of halogens is 3. The number of carbonyl (C=O) groups is 1. The molecule has 0 unspecified atom stereocenters. The summed E-state index contributed by atoms with van der Waals surface area (Å²) in [6.45, 7) is 1.87. The van der Waals surface area contributed by atoms with Crippen molar-refractivity contribution in [1.29, 1.82) is 0 Å². The number of aliphatic hydroxyl groups excluding tert-OH is 1. The minimum atomic E-state index is -0.821. The molecule has 1 aromatic heterocycles. The Kier molecular flexibility index (Phi) is 8.54. The van der Waals surface area contributed by atoms with Crippen molar-refractivity contribution in [3.05, 3.63) is 97.4 Å². The van der Waals surface area contributed by atoms with Gasteiger partial charge in [0.1, 0.15) is 34.5 Å². The van der Waals surface area contributed by atoms with Crippen LogP contribution in [0.25, 0.3) is 0 Å². The zero-order chi connectivity index (χ0) is 24.8. The fourth-order valence-corrected chi connectivity index (χ4v) is 3.70. The lowest BCUT2D eigenvalue weighted by Crippen LogP contribution is -2.43. The summed E-state index contributed by atoms with van der Waals surface area (Å²) >= 11 is 3.27. The van der Waals surface area contributed by atoms with Crippen molar-refractivity contribution < 1.29 is 23.4 Å². The Bertz CT molecular complexity index is 1230. The van der Waals surface area contributed by atoms with E-state index in [2.05, 4.69) is 21.2 Å². The molecule has 0 aliphatic rings. The van der Waals surface area contributed by atoms with Gasteiger partial charge in [0.05, 0.1) is 13.2 Å². The Labute approximate surface area is 203 Å². The van der Waals surface area contributed by atoms with Crippen LogP contribution in [0.4, 0.5) is 8.78 Å². The SMILES string of the molecule is Cc1cc(OCc2ccc(F)cc2F)c(Br)c(=O)n1Cc1ccc(CN[C@H](CO)C(N)=O)cc1. The van der Waals surface area contributed by atoms with Gasteiger partial charge in [-0.15, -0.1) is 0 Å². The monoisotopic (exact) mass is 535 g/mol. The number of carbonyl (C=O) groups excluding carboxylic acids is 1. The maximum atomic E-state index is 13.9. The molecule has 0 fully saturated rings. The highest BCUT2D eigenvalue weighted by Crippen LogP contribution is 2.24. The first-order chi connectivity index (χ1) is 16.2. The summed E-state index contributed by atoms with van der Waals surface area (Å²) in [6.07, 6.45) is 0. The molecule has 10 heteroatoms. The number of nitrogens with one attached hydrogen (secondary N) is 1. The van der Waals surface area contributed by atoms with Gasteiger partial charge in [-0.05, 0) is 46.1 Å². The average Bonchev–Trinajstić information content (AvgIpc) is 2.80. The second-order valence-corrected chi connectivity index (χ2v) is 8.51. The first-order valence-electron chi connectivity index (χ1n) is 10.4. The van der Waals surface area contributed by atoms with Crippen LogP contribution in [0.2, 0.25) is 0 Å². The van der Waals surface area contributed by atoms with Gasteiger partial charge in [-0.25, -0.2) is 8.78 Å². The first-order valence-corrected chi connectivity index (χ1v) is 11.2. The van der Waals surface area contributed by atoms with E-state index in [1.54, 1.807) is 17.6 Å². The van der Waals surface area contributed by atoms with Crippen LogP contribution in [-0.2, 0) is 24.5 Å². The van der Waals surface area contributed by atoms with Crippen molar-refractivity contribution in [2.24, 2.45) is 5.73 Å². The number of aryl methyl sites for hydroxylation is 1. The number of rotatable bonds is 10. The van der Waals surface area contributed by atoms with Crippen LogP contribution < -0.4 is 21.3 Å². The molecule has 0 saturated heterocycles. The normalized spacial score (nSPS) is 11.9. The molecule has 4 N–H and O–H groups in total. The second-order valence-electron chi connectivity index (χ2n) is 7.71. The third-order valence-electron chi connectivity index (χ3n) is 5.26. The molecule has 0 aliphatic carbocycles. The van der Waals surface area contributed by atoms with E-state index in [1.165, 1.54) is 6.07 Å². The van der Waals surface area contributed by atoms with Crippen LogP contribution in [0, 0.1) is 18.6 Å². The predicted octanol–water partition coefficient (Wildman–Crippen LogP) is 2.76. The second kappa shape index (κ2) is 11.4. The lowest BCUT2D eigenvalue weighted by atomic mass is 10.1. The maximum Gasteiger partial charge on any atom is 0.269 e. The summed E-state index contributed by atoms with van der Waals surface area (Å²) < 4.78 is 34.3. The number of hydrogen-bond donors (Lipinski definition) is 3. The molecule has 3 rings (SSSR count). The molecule has 180 valence electrons. The van der Waals surface area contributed by atoms with E-state index in [1.807, 2.05) is 24.3 Å². The summed E-state index contributed by atoms with van der Waals surface area (Å²) in [5, 5.41) is 12.0. The molecule has 1 amide bonds. The molecule has 1 atom stereocenters. The Morgan fingerprint density at radius 3 is 2.47 bits per heavy atom. The maximum absolute atomic E-state index is 13.9. The summed E-state index contributed by atoms with van der Waals surface area (Å²) in [6, 6.07) is 11.5. The Hall–Kier alpha value is -3.08. The highest BCUT2D eigenvalue weighted by molar-refractivity contribution is 9.10. The number of primary amides is 1. The van der Waals surface area contributed by atoms with E-state index >= 15 is 0 Å². The molecule has 0 spiro atoms. The quantitative estimate of drug-likeness (QED) is 0.370. The highest BCUT2D eigenvalue weighted by Gasteiger charge is 2.15. The number of hydrogen-bond acceptors (Lipinski definition) is 5. The van der Waals surface area contributed by atoms with Crippen LogP contribution in [-0.4, -0.2) is 28.2 Å². The van der Waals surface area contributed by atoms with Crippen molar-refractivity contribution in [2.75, 3.05) is 6.61 Å². The fourth-order valence-electron chi connectivity index (χ4n) is 3.25. The summed E-state index contributed by atoms with van der Waals surface area (Å²) in [5.74, 6) is -1.77. The third-order valence-corrected chi connectivity index (χ3v) is 5.99. The van der Waals surface area contributed by atoms with E-state index in [9.17, 15) is 18.4 Å². The average molecular weight is 536 g/mol. The number of aliphatic hydroxyl groups is 1. The molecule has 3 aromatic rings. The Balaban J connectivity index is 1.70. The molecule has 34 heavy (non-hydrogen) atoms. The molecule has 1 heterocycles. The van der Waals surface area contributed by atoms with Gasteiger partial charge in [-0.3, -0.25) is 14.9 Å². The van der Waals surface area contributed by atoms with Crippen LogP contribution in [0.15, 0.2) is 57.8 Å². The third kappa shape index (κ3) is 6.28. The summed E-state index contributed by atoms with van der Waals surface area (Å²) in [7, 11) is 0. The zero-order valence-electron chi connectivity index (χ0n) is 18.4. The van der Waals surface area contributed by atoms with Crippen LogP contribution in [0.3, 0.4) is 0 Å². The van der Waals surface area contributed by atoms with Crippen molar-refractivity contribution in [2.45, 2.75) is 32.7 Å². The zero-order valence-corrected chi connectivity index (χ0v) is 19.9. The van der Waals surface area contributed by atoms with Gasteiger partial charge in [0.15, 0.2) is 0 Å². The molecular weight excluding hydrogens is 512 g/mol. The number of ether oxygens (including phenoxy) is 1. The van der Waals surface area contributed by atoms with E-state index < -0.39 is 23.6 Å². The van der Waals surface area contributed by atoms with Gasteiger partial charge in [-0.2, -0.15) is 0 Å². The van der Waals surface area contributed by atoms with Crippen LogP contribution in [0.1, 0.15) is 22.4 Å². The van der Waals surface area contributed by atoms with Gasteiger partial charge in [-0.1, -0.05) is 24.3 Å². The number of pyridine rings is 1. The molecule has 0 radical (unpaired) electrons. The van der Waals surface area contributed by atoms with Crippen molar-refractivity contribution in [3.63, 3.8) is 0 Å². The smallest absolute Gasteiger partial charge is 0.269 e. The van der Waals surface area contributed by atoms with Crippen molar-refractivity contribution in [1.82, 2.24) is 9.88 Å². The van der Waals surface area contributed by atoms with Crippen LogP contribution >= 0.6 is 15.9 Å². The van der Waals surface area contributed by atoms with E-state index in [0.717, 1.165) is 23.3 Å². The molecule has 0 saturated carbocycles. The number of benzene rings is 2. The van der Waals surface area contributed by atoms with Gasteiger partial charge in [0.2, 0.25) is 5.91 Å². The lowest BCUT2D eigenvalue weighted by molar-refractivity contribution is -0.120. The van der Waals surface area contributed by atoms with Gasteiger partial charge in [0, 0.05) is 29.9 Å². The topological polar surface area (TPSA) is 107 Å². The minimum absolute atomic E-state index is 0.157. The Morgan fingerprint density at radius 2 is 1.85 bits per heavy atom. The molecule has 7 nitrogen and oxygen atoms in total. The van der Waals surface area contributed by atoms with E-state index in [4.69, 9.17) is 15.6 Å². The largest absolute Gasteiger partial charge is 0.487 e. The number of amides is 1. The molecule has 0 bridgehead atoms. The highest BCUT2D eigenvalue weighted by atomic mass is 79.9. The Morgan fingerprint density at radius 1 is 1.18 bits per heavy atom. The number of nitrogens with zero attached hydrogens (tertiary/aromatic N) is 1. The minimum Gasteiger partial charge on any atom is -0.487 e. The molecule has 2 aromatic carbocycles.